The summed E-state index contributed by atoms with van der Waals surface area (Å²) in [5, 5.41) is 3.77. The molecular formula is C12H15BrN2O2. The fraction of sp³-hybridized carbons (Fsp3) is 0.500. The summed E-state index contributed by atoms with van der Waals surface area (Å²) in [4.78, 5) is 23.4. The molecule has 1 fully saturated rings. The van der Waals surface area contributed by atoms with Gasteiger partial charge < -0.3 is 9.88 Å². The minimum atomic E-state index is -0.167. The van der Waals surface area contributed by atoms with Crippen molar-refractivity contribution in [3.63, 3.8) is 0 Å². The smallest absolute Gasteiger partial charge is 0.251 e. The molecule has 0 unspecified atom stereocenters. The molecule has 1 aromatic heterocycles. The van der Waals surface area contributed by atoms with E-state index in [-0.39, 0.29) is 17.0 Å². The van der Waals surface area contributed by atoms with Crippen LogP contribution in [0.2, 0.25) is 0 Å². The summed E-state index contributed by atoms with van der Waals surface area (Å²) >= 11 is 3.43. The van der Waals surface area contributed by atoms with Gasteiger partial charge in [0, 0.05) is 30.2 Å². The van der Waals surface area contributed by atoms with Crippen LogP contribution in [0, 0.1) is 0 Å². The molecule has 17 heavy (non-hydrogen) atoms. The van der Waals surface area contributed by atoms with Crippen LogP contribution in [0.25, 0.3) is 0 Å². The summed E-state index contributed by atoms with van der Waals surface area (Å²) < 4.78 is 1.44. The number of pyridine rings is 1. The van der Waals surface area contributed by atoms with Gasteiger partial charge in [-0.05, 0) is 25.3 Å². The topological polar surface area (TPSA) is 51.1 Å². The van der Waals surface area contributed by atoms with E-state index in [0.29, 0.717) is 5.56 Å². The van der Waals surface area contributed by atoms with E-state index in [2.05, 4.69) is 21.2 Å². The molecule has 1 aromatic rings. The van der Waals surface area contributed by atoms with Crippen LogP contribution in [0.15, 0.2) is 23.1 Å². The molecule has 0 atom stereocenters. The van der Waals surface area contributed by atoms with Crippen LogP contribution in [0.3, 0.4) is 0 Å². The van der Waals surface area contributed by atoms with Crippen molar-refractivity contribution in [1.29, 1.82) is 0 Å². The quantitative estimate of drug-likeness (QED) is 0.859. The zero-order valence-corrected chi connectivity index (χ0v) is 11.3. The van der Waals surface area contributed by atoms with Gasteiger partial charge >= 0.3 is 0 Å². The number of nitrogens with zero attached hydrogens (tertiary/aromatic N) is 1. The number of halogens is 1. The Balaban J connectivity index is 2.14. The molecule has 0 saturated heterocycles. The molecule has 1 aliphatic carbocycles. The van der Waals surface area contributed by atoms with Gasteiger partial charge in [0.05, 0.1) is 5.54 Å². The van der Waals surface area contributed by atoms with Gasteiger partial charge in [0.25, 0.3) is 11.5 Å². The van der Waals surface area contributed by atoms with Crippen molar-refractivity contribution in [3.8, 4) is 0 Å². The second-order valence-electron chi connectivity index (χ2n) is 4.59. The molecule has 1 heterocycles. The summed E-state index contributed by atoms with van der Waals surface area (Å²) in [5.74, 6) is -0.165. The van der Waals surface area contributed by atoms with Crippen LogP contribution in [-0.2, 0) is 7.05 Å². The predicted molar refractivity (Wildman–Crippen MR) is 69.5 cm³/mol. The monoisotopic (exact) mass is 298 g/mol. The number of carbonyl (C=O) groups excluding carboxylic acids is 1. The molecule has 0 spiro atoms. The Morgan fingerprint density at radius 1 is 1.59 bits per heavy atom. The molecule has 1 saturated carbocycles. The highest BCUT2D eigenvalue weighted by molar-refractivity contribution is 9.09. The maximum Gasteiger partial charge on any atom is 0.251 e. The van der Waals surface area contributed by atoms with Crippen molar-refractivity contribution in [2.75, 3.05) is 5.33 Å². The van der Waals surface area contributed by atoms with Crippen molar-refractivity contribution in [2.24, 2.45) is 7.05 Å². The van der Waals surface area contributed by atoms with Gasteiger partial charge in [-0.15, -0.1) is 0 Å². The maximum absolute atomic E-state index is 12.0. The first-order valence-corrected chi connectivity index (χ1v) is 6.74. The summed E-state index contributed by atoms with van der Waals surface area (Å²) in [6.45, 7) is 0. The number of amides is 1. The van der Waals surface area contributed by atoms with Crippen LogP contribution in [0.1, 0.15) is 29.6 Å². The fourth-order valence-corrected chi connectivity index (χ4v) is 2.60. The van der Waals surface area contributed by atoms with Crippen molar-refractivity contribution < 1.29 is 4.79 Å². The Bertz CT molecular complexity index is 486. The molecule has 0 radical (unpaired) electrons. The van der Waals surface area contributed by atoms with E-state index < -0.39 is 0 Å². The molecule has 92 valence electrons. The van der Waals surface area contributed by atoms with E-state index in [1.54, 1.807) is 19.3 Å². The number of hydrogen-bond donors (Lipinski definition) is 1. The minimum Gasteiger partial charge on any atom is -0.346 e. The van der Waals surface area contributed by atoms with Crippen LogP contribution < -0.4 is 10.9 Å². The van der Waals surface area contributed by atoms with Crippen LogP contribution >= 0.6 is 15.9 Å². The Morgan fingerprint density at radius 3 is 2.76 bits per heavy atom. The lowest BCUT2D eigenvalue weighted by Crippen LogP contribution is -2.55. The fourth-order valence-electron chi connectivity index (χ4n) is 1.90. The summed E-state index contributed by atoms with van der Waals surface area (Å²) in [5.41, 5.74) is 0.150. The lowest BCUT2D eigenvalue weighted by atomic mass is 9.78. The molecular weight excluding hydrogens is 284 g/mol. The first-order valence-electron chi connectivity index (χ1n) is 5.61. The molecule has 4 nitrogen and oxygen atoms in total. The van der Waals surface area contributed by atoms with E-state index in [9.17, 15) is 9.59 Å². The number of aromatic nitrogens is 1. The molecule has 0 aliphatic heterocycles. The summed E-state index contributed by atoms with van der Waals surface area (Å²) in [6, 6.07) is 3.03. The second kappa shape index (κ2) is 4.64. The highest BCUT2D eigenvalue weighted by atomic mass is 79.9. The first-order chi connectivity index (χ1) is 8.06. The zero-order chi connectivity index (χ0) is 12.5. The summed E-state index contributed by atoms with van der Waals surface area (Å²) in [7, 11) is 1.66. The molecule has 0 bridgehead atoms. The average molecular weight is 299 g/mol. The van der Waals surface area contributed by atoms with Gasteiger partial charge in [-0.3, -0.25) is 9.59 Å². The highest BCUT2D eigenvalue weighted by Gasteiger charge is 2.37. The van der Waals surface area contributed by atoms with Gasteiger partial charge in [0.15, 0.2) is 0 Å². The van der Waals surface area contributed by atoms with Crippen LogP contribution in [0.4, 0.5) is 0 Å². The Labute approximate surface area is 108 Å². The van der Waals surface area contributed by atoms with E-state index in [1.807, 2.05) is 0 Å². The van der Waals surface area contributed by atoms with Crippen LogP contribution in [0.5, 0.6) is 0 Å². The molecule has 5 heteroatoms. The largest absolute Gasteiger partial charge is 0.346 e. The number of alkyl halides is 1. The SMILES string of the molecule is Cn1ccc(C(=O)NC2(CBr)CCC2)cc1=O. The normalized spacial score (nSPS) is 17.3. The highest BCUT2D eigenvalue weighted by Crippen LogP contribution is 2.33. The minimum absolute atomic E-state index is 0.113. The number of aryl methyl sites for hydroxylation is 1. The maximum atomic E-state index is 12.0. The van der Waals surface area contributed by atoms with Gasteiger partial charge in [0.1, 0.15) is 0 Å². The lowest BCUT2D eigenvalue weighted by molar-refractivity contribution is 0.0856. The van der Waals surface area contributed by atoms with Crippen molar-refractivity contribution in [1.82, 2.24) is 9.88 Å². The third-order valence-electron chi connectivity index (χ3n) is 3.31. The molecule has 2 rings (SSSR count). The number of hydrogen-bond acceptors (Lipinski definition) is 2. The molecule has 1 aliphatic rings. The standard InChI is InChI=1S/C12H15BrN2O2/c1-15-6-3-9(7-10(15)16)11(17)14-12(8-13)4-2-5-12/h3,6-7H,2,4-5,8H2,1H3,(H,14,17). The van der Waals surface area contributed by atoms with E-state index >= 15 is 0 Å². The van der Waals surface area contributed by atoms with Crippen molar-refractivity contribution in [2.45, 2.75) is 24.8 Å². The zero-order valence-electron chi connectivity index (χ0n) is 9.70. The second-order valence-corrected chi connectivity index (χ2v) is 5.15. The average Bonchev–Trinajstić information content (AvgIpc) is 2.27. The Kier molecular flexibility index (Phi) is 3.38. The number of nitrogens with one attached hydrogen (secondary N) is 1. The van der Waals surface area contributed by atoms with Crippen molar-refractivity contribution in [3.05, 3.63) is 34.2 Å². The predicted octanol–water partition coefficient (Wildman–Crippen LogP) is 1.43. The van der Waals surface area contributed by atoms with E-state index in [0.717, 1.165) is 24.6 Å². The molecule has 0 aromatic carbocycles. The molecule has 1 amide bonds. The van der Waals surface area contributed by atoms with E-state index in [4.69, 9.17) is 0 Å². The lowest BCUT2D eigenvalue weighted by Gasteiger charge is -2.41. The summed E-state index contributed by atoms with van der Waals surface area (Å²) in [6.07, 6.45) is 4.74. The first kappa shape index (κ1) is 12.4. The van der Waals surface area contributed by atoms with Gasteiger partial charge in [0.2, 0.25) is 0 Å². The third-order valence-corrected chi connectivity index (χ3v) is 4.39. The number of carbonyl (C=O) groups is 1. The van der Waals surface area contributed by atoms with Crippen LogP contribution in [-0.4, -0.2) is 21.3 Å². The number of rotatable bonds is 3. The third kappa shape index (κ3) is 2.44. The van der Waals surface area contributed by atoms with Gasteiger partial charge in [-0.1, -0.05) is 15.9 Å². The van der Waals surface area contributed by atoms with E-state index in [1.165, 1.54) is 10.6 Å². The van der Waals surface area contributed by atoms with Crippen molar-refractivity contribution >= 4 is 21.8 Å². The Hall–Kier alpha value is -1.10. The molecule has 1 N–H and O–H groups in total. The Morgan fingerprint density at radius 2 is 2.29 bits per heavy atom. The van der Waals surface area contributed by atoms with Gasteiger partial charge in [-0.2, -0.15) is 0 Å². The van der Waals surface area contributed by atoms with Gasteiger partial charge in [-0.25, -0.2) is 0 Å².